The molecule has 1 aromatic carbocycles. The van der Waals surface area contributed by atoms with Gasteiger partial charge in [-0.15, -0.1) is 54.1 Å². The zero-order valence-electron chi connectivity index (χ0n) is 13.6. The van der Waals surface area contributed by atoms with E-state index in [0.717, 1.165) is 22.3 Å². The molecule has 0 bridgehead atoms. The monoisotopic (exact) mass is 505 g/mol. The van der Waals surface area contributed by atoms with Crippen LogP contribution in [0.4, 0.5) is 0 Å². The Bertz CT molecular complexity index is 945. The molecule has 0 aliphatic rings. The third kappa shape index (κ3) is 4.72. The molecule has 4 aromatic rings. The van der Waals surface area contributed by atoms with E-state index in [0.29, 0.717) is 0 Å². The Morgan fingerprint density at radius 1 is 0.920 bits per heavy atom. The number of hydrogen-bond acceptors (Lipinski definition) is 2. The van der Waals surface area contributed by atoms with Crippen molar-refractivity contribution in [3.8, 4) is 11.3 Å². The Morgan fingerprint density at radius 3 is 2.48 bits per heavy atom. The molecule has 0 N–H and O–H groups in total. The van der Waals surface area contributed by atoms with Gasteiger partial charge in [0.2, 0.25) is 0 Å². The van der Waals surface area contributed by atoms with E-state index in [9.17, 15) is 4.79 Å². The number of fused-ring (bicyclic) bond motifs is 1. The number of hydrogen-bond donors (Lipinski definition) is 0. The Labute approximate surface area is 160 Å². The molecular weight excluding hydrogens is 488 g/mol. The summed E-state index contributed by atoms with van der Waals surface area (Å²) in [5, 5.41) is 0. The molecule has 0 saturated carbocycles. The van der Waals surface area contributed by atoms with Crippen molar-refractivity contribution >= 4 is 5.52 Å². The molecular formula is C21H16IrN2O-2. The van der Waals surface area contributed by atoms with Gasteiger partial charge in [-0.2, -0.15) is 0 Å². The number of nitrogens with zero attached hydrogens (tertiary/aromatic N) is 2. The van der Waals surface area contributed by atoms with Crippen LogP contribution in [0.3, 0.4) is 0 Å². The molecule has 0 saturated heterocycles. The van der Waals surface area contributed by atoms with Crippen LogP contribution in [0.25, 0.3) is 16.8 Å². The summed E-state index contributed by atoms with van der Waals surface area (Å²) in [7, 11) is 0. The first-order chi connectivity index (χ1) is 11.8. The van der Waals surface area contributed by atoms with Gasteiger partial charge in [0.15, 0.2) is 5.56 Å². The van der Waals surface area contributed by atoms with E-state index < -0.39 is 0 Å². The van der Waals surface area contributed by atoms with Crippen LogP contribution in [0.5, 0.6) is 0 Å². The first-order valence-electron chi connectivity index (χ1n) is 7.63. The van der Waals surface area contributed by atoms with Gasteiger partial charge in [-0.1, -0.05) is 30.5 Å². The number of aromatic nitrogens is 2. The van der Waals surface area contributed by atoms with Gasteiger partial charge in [0.25, 0.3) is 0 Å². The zero-order valence-corrected chi connectivity index (χ0v) is 16.0. The normalized spacial score (nSPS) is 9.64. The summed E-state index contributed by atoms with van der Waals surface area (Å²) in [5.74, 6) is 0. The standard InChI is InChI=1S/C11H8N.C10H8NO.Ir/c1-2-6-10(7-3-1)11-8-4-5-9-12-11;1-8-5-6-9-4-2-3-7-11(9)10(8)12;/h1-6,8-9H;2-6H,1H3;/q2*-1;. The Balaban J connectivity index is 0.000000173. The summed E-state index contributed by atoms with van der Waals surface area (Å²) >= 11 is 0. The van der Waals surface area contributed by atoms with E-state index in [-0.39, 0.29) is 25.7 Å². The fourth-order valence-corrected chi connectivity index (χ4v) is 2.25. The van der Waals surface area contributed by atoms with E-state index in [1.54, 1.807) is 19.2 Å². The molecule has 0 aliphatic heterocycles. The second kappa shape index (κ2) is 9.07. The fourth-order valence-electron chi connectivity index (χ4n) is 2.25. The maximum absolute atomic E-state index is 11.5. The summed E-state index contributed by atoms with van der Waals surface area (Å²) in [5.41, 5.74) is 3.65. The second-order valence-electron chi connectivity index (χ2n) is 5.23. The summed E-state index contributed by atoms with van der Waals surface area (Å²) in [6.45, 7) is 1.80. The van der Waals surface area contributed by atoms with Gasteiger partial charge in [-0.05, 0) is 29.8 Å². The molecule has 127 valence electrons. The molecule has 4 rings (SSSR count). The van der Waals surface area contributed by atoms with Gasteiger partial charge in [0, 0.05) is 26.3 Å². The second-order valence-corrected chi connectivity index (χ2v) is 5.23. The molecule has 25 heavy (non-hydrogen) atoms. The van der Waals surface area contributed by atoms with E-state index in [2.05, 4.69) is 17.2 Å². The summed E-state index contributed by atoms with van der Waals surface area (Å²) in [6.07, 6.45) is 4.65. The molecule has 0 aliphatic carbocycles. The molecule has 0 fully saturated rings. The van der Waals surface area contributed by atoms with Crippen molar-refractivity contribution in [1.82, 2.24) is 9.38 Å². The molecule has 0 atom stereocenters. The van der Waals surface area contributed by atoms with Gasteiger partial charge >= 0.3 is 0 Å². The smallest absolute Gasteiger partial charge is 0.173 e. The third-order valence-corrected chi connectivity index (χ3v) is 3.52. The Hall–Kier alpha value is -2.55. The number of pyridine rings is 3. The molecule has 4 heteroatoms. The largest absolute Gasteiger partial charge is 0.404 e. The van der Waals surface area contributed by atoms with Crippen molar-refractivity contribution in [2.45, 2.75) is 6.92 Å². The SMILES string of the molecule is Cc1ccc2ccc[c-]n2c1=O.[Ir].[c-]1ccccc1-c1ccccn1. The minimum Gasteiger partial charge on any atom is -0.404 e. The van der Waals surface area contributed by atoms with Crippen molar-refractivity contribution in [3.63, 3.8) is 0 Å². The van der Waals surface area contributed by atoms with Crippen molar-refractivity contribution in [2.24, 2.45) is 0 Å². The Kier molecular flexibility index (Phi) is 6.81. The predicted octanol–water partition coefficient (Wildman–Crippen LogP) is 3.95. The van der Waals surface area contributed by atoms with E-state index in [4.69, 9.17) is 0 Å². The molecule has 0 spiro atoms. The predicted molar refractivity (Wildman–Crippen MR) is 95.7 cm³/mol. The summed E-state index contributed by atoms with van der Waals surface area (Å²) in [4.78, 5) is 15.7. The average Bonchev–Trinajstić information content (AvgIpc) is 2.67. The average molecular weight is 505 g/mol. The Morgan fingerprint density at radius 2 is 1.76 bits per heavy atom. The number of aryl methyl sites for hydroxylation is 1. The van der Waals surface area contributed by atoms with Gasteiger partial charge in [0.05, 0.1) is 0 Å². The van der Waals surface area contributed by atoms with Gasteiger partial charge in [0.1, 0.15) is 0 Å². The molecule has 3 aromatic heterocycles. The maximum Gasteiger partial charge on any atom is 0.173 e. The first-order valence-corrected chi connectivity index (χ1v) is 7.63. The minimum atomic E-state index is 0. The number of rotatable bonds is 1. The molecule has 3 heterocycles. The van der Waals surface area contributed by atoms with Crippen LogP contribution in [0.2, 0.25) is 0 Å². The van der Waals surface area contributed by atoms with E-state index >= 15 is 0 Å². The van der Waals surface area contributed by atoms with Crippen LogP contribution in [-0.2, 0) is 20.1 Å². The van der Waals surface area contributed by atoms with Crippen LogP contribution in [-0.4, -0.2) is 9.38 Å². The van der Waals surface area contributed by atoms with Crippen LogP contribution in [0.1, 0.15) is 5.56 Å². The molecule has 3 nitrogen and oxygen atoms in total. The molecule has 1 radical (unpaired) electrons. The topological polar surface area (TPSA) is 34.4 Å². The van der Waals surface area contributed by atoms with Crippen molar-refractivity contribution in [1.29, 1.82) is 0 Å². The first kappa shape index (κ1) is 18.8. The molecule has 0 unspecified atom stereocenters. The fraction of sp³-hybridized carbons (Fsp3) is 0.0476. The maximum atomic E-state index is 11.5. The quantitative estimate of drug-likeness (QED) is 0.368. The van der Waals surface area contributed by atoms with Crippen LogP contribution in [0.15, 0.2) is 83.8 Å². The van der Waals surface area contributed by atoms with Crippen molar-refractivity contribution in [3.05, 3.63) is 107 Å². The van der Waals surface area contributed by atoms with E-state index in [1.165, 1.54) is 4.40 Å². The number of benzene rings is 1. The van der Waals surface area contributed by atoms with Gasteiger partial charge in [-0.25, -0.2) is 0 Å². The summed E-state index contributed by atoms with van der Waals surface area (Å²) in [6, 6.07) is 26.0. The van der Waals surface area contributed by atoms with E-state index in [1.807, 2.05) is 66.7 Å². The van der Waals surface area contributed by atoms with Gasteiger partial charge < -0.3 is 14.2 Å². The van der Waals surface area contributed by atoms with Crippen molar-refractivity contribution in [2.75, 3.05) is 0 Å². The minimum absolute atomic E-state index is 0. The molecule has 0 amide bonds. The summed E-state index contributed by atoms with van der Waals surface area (Å²) < 4.78 is 1.52. The van der Waals surface area contributed by atoms with Crippen LogP contribution >= 0.6 is 0 Å². The third-order valence-electron chi connectivity index (χ3n) is 3.52. The van der Waals surface area contributed by atoms with Crippen LogP contribution in [0, 0.1) is 19.2 Å². The zero-order chi connectivity index (χ0) is 16.8. The van der Waals surface area contributed by atoms with Crippen LogP contribution < -0.4 is 5.56 Å². The van der Waals surface area contributed by atoms with Gasteiger partial charge in [-0.3, -0.25) is 0 Å². The van der Waals surface area contributed by atoms with Crippen molar-refractivity contribution < 1.29 is 20.1 Å².